The van der Waals surface area contributed by atoms with Gasteiger partial charge in [-0.15, -0.1) is 0 Å². The van der Waals surface area contributed by atoms with Crippen molar-refractivity contribution >= 4 is 20.2 Å². The normalized spacial score (nSPS) is 12.4. The van der Waals surface area contributed by atoms with Crippen LogP contribution in [0.2, 0.25) is 0 Å². The van der Waals surface area contributed by atoms with E-state index in [4.69, 9.17) is 9.11 Å². The smallest absolute Gasteiger partial charge is 0.282 e. The summed E-state index contributed by atoms with van der Waals surface area (Å²) < 4.78 is 62.5. The lowest BCUT2D eigenvalue weighted by atomic mass is 9.97. The molecule has 22 heavy (non-hydrogen) atoms. The highest BCUT2D eigenvalue weighted by Gasteiger charge is 2.15. The summed E-state index contributed by atoms with van der Waals surface area (Å²) in [5, 5.41) is 0. The van der Waals surface area contributed by atoms with Gasteiger partial charge in [0.25, 0.3) is 20.2 Å². The van der Waals surface area contributed by atoms with Crippen LogP contribution in [0.5, 0.6) is 0 Å². The van der Waals surface area contributed by atoms with Crippen LogP contribution >= 0.6 is 0 Å². The zero-order valence-electron chi connectivity index (χ0n) is 11.8. The quantitative estimate of drug-likeness (QED) is 0.829. The van der Waals surface area contributed by atoms with Gasteiger partial charge in [-0.1, -0.05) is 12.1 Å². The Labute approximate surface area is 128 Å². The first kappa shape index (κ1) is 16.6. The first-order chi connectivity index (χ1) is 10.00. The Morgan fingerprint density at radius 3 is 1.23 bits per heavy atom. The maximum absolute atomic E-state index is 11.1. The Hall–Kier alpha value is -1.74. The topological polar surface area (TPSA) is 109 Å². The van der Waals surface area contributed by atoms with Crippen LogP contribution in [0.4, 0.5) is 0 Å². The molecule has 0 saturated heterocycles. The minimum atomic E-state index is -4.27. The maximum atomic E-state index is 11.1. The number of rotatable bonds is 3. The fraction of sp³-hybridized carbons (Fsp3) is 0.143. The fourth-order valence-corrected chi connectivity index (χ4v) is 3.33. The summed E-state index contributed by atoms with van der Waals surface area (Å²) in [6.45, 7) is 3.36. The third-order valence-electron chi connectivity index (χ3n) is 3.28. The second kappa shape index (κ2) is 5.47. The third-order valence-corrected chi connectivity index (χ3v) is 4.98. The van der Waals surface area contributed by atoms with Gasteiger partial charge in [0.1, 0.15) is 0 Å². The molecule has 118 valence electrons. The molecule has 2 aromatic carbocycles. The van der Waals surface area contributed by atoms with E-state index in [-0.39, 0.29) is 9.79 Å². The van der Waals surface area contributed by atoms with E-state index in [0.29, 0.717) is 22.3 Å². The fourth-order valence-electron chi connectivity index (χ4n) is 2.20. The first-order valence-corrected chi connectivity index (χ1v) is 9.05. The van der Waals surface area contributed by atoms with Crippen LogP contribution in [0.15, 0.2) is 46.2 Å². The maximum Gasteiger partial charge on any atom is 0.294 e. The van der Waals surface area contributed by atoms with Crippen molar-refractivity contribution in [1.29, 1.82) is 0 Å². The van der Waals surface area contributed by atoms with Crippen LogP contribution in [-0.2, 0) is 20.2 Å². The monoisotopic (exact) mass is 342 g/mol. The highest BCUT2D eigenvalue weighted by Crippen LogP contribution is 2.29. The van der Waals surface area contributed by atoms with Gasteiger partial charge in [0.15, 0.2) is 0 Å². The van der Waals surface area contributed by atoms with Crippen LogP contribution in [0.25, 0.3) is 11.1 Å². The minimum Gasteiger partial charge on any atom is -0.282 e. The standard InChI is InChI=1S/C14H14O6S2/c1-9-7-11(21(15,16)17)3-5-13(9)14-6-4-12(8-10(14)2)22(18,19)20/h3-8H,1-2H3,(H,15,16,17)(H,18,19,20). The Morgan fingerprint density at radius 1 is 0.682 bits per heavy atom. The van der Waals surface area contributed by atoms with Crippen LogP contribution in [0, 0.1) is 13.8 Å². The molecule has 0 aliphatic carbocycles. The SMILES string of the molecule is Cc1cc(S(=O)(=O)O)ccc1-c1ccc(S(=O)(=O)O)cc1C. The minimum absolute atomic E-state index is 0.207. The lowest BCUT2D eigenvalue weighted by Gasteiger charge is -2.11. The van der Waals surface area contributed by atoms with E-state index in [2.05, 4.69) is 0 Å². The van der Waals surface area contributed by atoms with E-state index in [1.807, 2.05) is 0 Å². The van der Waals surface area contributed by atoms with Crippen molar-refractivity contribution in [2.24, 2.45) is 0 Å². The summed E-state index contributed by atoms with van der Waals surface area (Å²) in [4.78, 5) is -0.415. The zero-order valence-corrected chi connectivity index (χ0v) is 13.4. The molecule has 0 saturated carbocycles. The molecule has 0 aliphatic heterocycles. The summed E-state index contributed by atoms with van der Waals surface area (Å²) in [6, 6.07) is 8.28. The molecule has 2 rings (SSSR count). The molecule has 0 aliphatic rings. The second-order valence-electron chi connectivity index (χ2n) is 4.90. The molecule has 0 radical (unpaired) electrons. The van der Waals surface area contributed by atoms with E-state index < -0.39 is 20.2 Å². The molecule has 0 unspecified atom stereocenters. The van der Waals surface area contributed by atoms with Crippen molar-refractivity contribution in [3.05, 3.63) is 47.5 Å². The van der Waals surface area contributed by atoms with Gasteiger partial charge >= 0.3 is 0 Å². The Balaban J connectivity index is 2.59. The van der Waals surface area contributed by atoms with Crippen molar-refractivity contribution in [2.45, 2.75) is 23.6 Å². The van der Waals surface area contributed by atoms with Crippen molar-refractivity contribution < 1.29 is 25.9 Å². The second-order valence-corrected chi connectivity index (χ2v) is 7.75. The molecule has 0 atom stereocenters. The Bertz CT molecular complexity index is 864. The van der Waals surface area contributed by atoms with Gasteiger partial charge in [-0.2, -0.15) is 16.8 Å². The van der Waals surface area contributed by atoms with Crippen molar-refractivity contribution in [3.8, 4) is 11.1 Å². The molecule has 0 heterocycles. The zero-order chi connectivity index (χ0) is 16.7. The van der Waals surface area contributed by atoms with E-state index in [9.17, 15) is 16.8 Å². The van der Waals surface area contributed by atoms with E-state index in [0.717, 1.165) is 0 Å². The van der Waals surface area contributed by atoms with Gasteiger partial charge in [0, 0.05) is 0 Å². The molecule has 2 aromatic rings. The van der Waals surface area contributed by atoms with Crippen LogP contribution in [-0.4, -0.2) is 25.9 Å². The highest BCUT2D eigenvalue weighted by molar-refractivity contribution is 7.86. The molecular weight excluding hydrogens is 328 g/mol. The van der Waals surface area contributed by atoms with E-state index in [1.165, 1.54) is 36.4 Å². The number of hydrogen-bond acceptors (Lipinski definition) is 4. The molecule has 6 nitrogen and oxygen atoms in total. The average Bonchev–Trinajstić information content (AvgIpc) is 2.37. The van der Waals surface area contributed by atoms with Crippen molar-refractivity contribution in [1.82, 2.24) is 0 Å². The molecule has 0 aromatic heterocycles. The molecule has 0 bridgehead atoms. The summed E-state index contributed by atoms with van der Waals surface area (Å²) in [7, 11) is -8.55. The van der Waals surface area contributed by atoms with Gasteiger partial charge in [0.05, 0.1) is 9.79 Å². The van der Waals surface area contributed by atoms with Crippen LogP contribution in [0.3, 0.4) is 0 Å². The van der Waals surface area contributed by atoms with Gasteiger partial charge in [0.2, 0.25) is 0 Å². The summed E-state index contributed by atoms with van der Waals surface area (Å²) in [5.74, 6) is 0. The number of hydrogen-bond donors (Lipinski definition) is 2. The van der Waals surface area contributed by atoms with Crippen molar-refractivity contribution in [3.63, 3.8) is 0 Å². The predicted molar refractivity (Wildman–Crippen MR) is 81.0 cm³/mol. The number of aryl methyl sites for hydroxylation is 2. The number of benzene rings is 2. The van der Waals surface area contributed by atoms with Crippen molar-refractivity contribution in [2.75, 3.05) is 0 Å². The predicted octanol–water partition coefficient (Wildman–Crippen LogP) is 2.46. The summed E-state index contributed by atoms with van der Waals surface area (Å²) in [5.41, 5.74) is 2.62. The van der Waals surface area contributed by atoms with Gasteiger partial charge in [-0.3, -0.25) is 9.11 Å². The van der Waals surface area contributed by atoms with Gasteiger partial charge in [-0.05, 0) is 60.4 Å². The molecule has 2 N–H and O–H groups in total. The van der Waals surface area contributed by atoms with Crippen LogP contribution in [0.1, 0.15) is 11.1 Å². The highest BCUT2D eigenvalue weighted by atomic mass is 32.2. The lowest BCUT2D eigenvalue weighted by Crippen LogP contribution is -2.00. The average molecular weight is 342 g/mol. The lowest BCUT2D eigenvalue weighted by molar-refractivity contribution is 0.481. The molecular formula is C14H14O6S2. The van der Waals surface area contributed by atoms with Gasteiger partial charge in [-0.25, -0.2) is 0 Å². The van der Waals surface area contributed by atoms with Gasteiger partial charge < -0.3 is 0 Å². The van der Waals surface area contributed by atoms with E-state index in [1.54, 1.807) is 13.8 Å². The van der Waals surface area contributed by atoms with Crippen LogP contribution < -0.4 is 0 Å². The molecule has 0 spiro atoms. The van der Waals surface area contributed by atoms with E-state index >= 15 is 0 Å². The first-order valence-electron chi connectivity index (χ1n) is 6.17. The molecule has 0 fully saturated rings. The largest absolute Gasteiger partial charge is 0.294 e. The molecule has 8 heteroatoms. The summed E-state index contributed by atoms with van der Waals surface area (Å²) in [6.07, 6.45) is 0. The molecule has 0 amide bonds. The third kappa shape index (κ3) is 3.36. The summed E-state index contributed by atoms with van der Waals surface area (Å²) >= 11 is 0. The Kier molecular flexibility index (Phi) is 4.14. The Morgan fingerprint density at radius 2 is 1.00 bits per heavy atom.